The number of nitrogens with zero attached hydrogens (tertiary/aromatic N) is 3. The number of benzene rings is 1. The molecule has 1 aliphatic rings. The molecule has 0 spiro atoms. The molecular formula is C19H25N3O2. The molecule has 0 saturated carbocycles. The van der Waals surface area contributed by atoms with Crippen molar-refractivity contribution in [1.29, 1.82) is 0 Å². The van der Waals surface area contributed by atoms with Gasteiger partial charge in [-0.25, -0.2) is 0 Å². The minimum Gasteiger partial charge on any atom is -0.368 e. The van der Waals surface area contributed by atoms with E-state index < -0.39 is 0 Å². The third-order valence-electron chi connectivity index (χ3n) is 5.06. The number of piperazine rings is 1. The minimum atomic E-state index is 0.157. The number of aryl methyl sites for hydroxylation is 3. The van der Waals surface area contributed by atoms with Gasteiger partial charge < -0.3 is 14.3 Å². The molecule has 0 atom stereocenters. The van der Waals surface area contributed by atoms with Crippen LogP contribution < -0.4 is 4.90 Å². The maximum absolute atomic E-state index is 12.6. The second-order valence-corrected chi connectivity index (χ2v) is 6.57. The summed E-state index contributed by atoms with van der Waals surface area (Å²) in [4.78, 5) is 16.9. The summed E-state index contributed by atoms with van der Waals surface area (Å²) in [6, 6.07) is 6.42. The van der Waals surface area contributed by atoms with Crippen LogP contribution in [0.25, 0.3) is 0 Å². The molecule has 3 rings (SSSR count). The Morgan fingerprint density at radius 3 is 2.46 bits per heavy atom. The van der Waals surface area contributed by atoms with Crippen LogP contribution in [-0.4, -0.2) is 42.1 Å². The first-order chi connectivity index (χ1) is 11.5. The Labute approximate surface area is 143 Å². The molecule has 5 nitrogen and oxygen atoms in total. The zero-order chi connectivity index (χ0) is 17.3. The molecular weight excluding hydrogens is 302 g/mol. The van der Waals surface area contributed by atoms with E-state index in [1.165, 1.54) is 16.8 Å². The fourth-order valence-electron chi connectivity index (χ4n) is 3.29. The van der Waals surface area contributed by atoms with Gasteiger partial charge in [0.05, 0.1) is 12.1 Å². The van der Waals surface area contributed by atoms with Gasteiger partial charge in [0.2, 0.25) is 5.91 Å². The van der Waals surface area contributed by atoms with Crippen LogP contribution in [0.15, 0.2) is 22.7 Å². The average molecular weight is 327 g/mol. The predicted molar refractivity (Wildman–Crippen MR) is 94.4 cm³/mol. The predicted octanol–water partition coefficient (Wildman–Crippen LogP) is 2.80. The zero-order valence-corrected chi connectivity index (χ0v) is 14.9. The molecule has 1 aromatic heterocycles. The molecule has 24 heavy (non-hydrogen) atoms. The van der Waals surface area contributed by atoms with Crippen molar-refractivity contribution in [2.75, 3.05) is 31.1 Å². The molecule has 0 bridgehead atoms. The summed E-state index contributed by atoms with van der Waals surface area (Å²) >= 11 is 0. The smallest absolute Gasteiger partial charge is 0.227 e. The Morgan fingerprint density at radius 2 is 1.83 bits per heavy atom. The number of rotatable bonds is 3. The first-order valence-electron chi connectivity index (χ1n) is 8.48. The van der Waals surface area contributed by atoms with Gasteiger partial charge in [-0.1, -0.05) is 17.3 Å². The molecule has 0 unspecified atom stereocenters. The van der Waals surface area contributed by atoms with Crippen molar-refractivity contribution in [3.63, 3.8) is 0 Å². The van der Waals surface area contributed by atoms with Crippen LogP contribution in [0, 0.1) is 27.7 Å². The summed E-state index contributed by atoms with van der Waals surface area (Å²) in [5, 5.41) is 3.93. The number of carbonyl (C=O) groups excluding carboxylic acids is 1. The van der Waals surface area contributed by atoms with E-state index in [0.29, 0.717) is 6.42 Å². The average Bonchev–Trinajstić information content (AvgIpc) is 2.89. The summed E-state index contributed by atoms with van der Waals surface area (Å²) in [6.45, 7) is 11.3. The van der Waals surface area contributed by atoms with Crippen molar-refractivity contribution in [3.05, 3.63) is 46.3 Å². The van der Waals surface area contributed by atoms with Crippen molar-refractivity contribution in [2.45, 2.75) is 34.1 Å². The van der Waals surface area contributed by atoms with Gasteiger partial charge in [-0.05, 0) is 44.9 Å². The molecule has 1 fully saturated rings. The lowest BCUT2D eigenvalue weighted by Gasteiger charge is -2.37. The standard InChI is InChI=1S/C19H25N3O2/c1-13-6-5-7-18(14(13)2)21-8-10-22(11-9-21)19(23)12-17-15(3)20-24-16(17)4/h5-7H,8-12H2,1-4H3. The number of carbonyl (C=O) groups is 1. The largest absolute Gasteiger partial charge is 0.368 e. The minimum absolute atomic E-state index is 0.157. The summed E-state index contributed by atoms with van der Waals surface area (Å²) < 4.78 is 5.15. The summed E-state index contributed by atoms with van der Waals surface area (Å²) in [6.07, 6.45) is 0.380. The maximum Gasteiger partial charge on any atom is 0.227 e. The highest BCUT2D eigenvalue weighted by molar-refractivity contribution is 5.79. The lowest BCUT2D eigenvalue weighted by Crippen LogP contribution is -2.49. The SMILES string of the molecule is Cc1cccc(N2CCN(C(=O)Cc3c(C)noc3C)CC2)c1C. The molecule has 2 heterocycles. The van der Waals surface area contributed by atoms with Crippen molar-refractivity contribution in [1.82, 2.24) is 10.1 Å². The van der Waals surface area contributed by atoms with Crippen LogP contribution in [0.3, 0.4) is 0 Å². The van der Waals surface area contributed by atoms with Crippen molar-refractivity contribution >= 4 is 11.6 Å². The van der Waals surface area contributed by atoms with Crippen LogP contribution in [-0.2, 0) is 11.2 Å². The summed E-state index contributed by atoms with van der Waals surface area (Å²) in [5.74, 6) is 0.903. The van der Waals surface area contributed by atoms with E-state index in [1.807, 2.05) is 18.7 Å². The molecule has 1 amide bonds. The van der Waals surface area contributed by atoms with Gasteiger partial charge in [-0.3, -0.25) is 4.79 Å². The quantitative estimate of drug-likeness (QED) is 0.870. The maximum atomic E-state index is 12.6. The lowest BCUT2D eigenvalue weighted by molar-refractivity contribution is -0.130. The second kappa shape index (κ2) is 6.67. The number of hydrogen-bond donors (Lipinski definition) is 0. The van der Waals surface area contributed by atoms with Gasteiger partial charge in [-0.2, -0.15) is 0 Å². The Hall–Kier alpha value is -2.30. The van der Waals surface area contributed by atoms with Crippen LogP contribution in [0.5, 0.6) is 0 Å². The lowest BCUT2D eigenvalue weighted by atomic mass is 10.1. The topological polar surface area (TPSA) is 49.6 Å². The fraction of sp³-hybridized carbons (Fsp3) is 0.474. The Bertz CT molecular complexity index is 724. The molecule has 2 aromatic rings. The van der Waals surface area contributed by atoms with Crippen molar-refractivity contribution in [2.24, 2.45) is 0 Å². The van der Waals surface area contributed by atoms with E-state index >= 15 is 0 Å². The van der Waals surface area contributed by atoms with E-state index in [2.05, 4.69) is 42.1 Å². The molecule has 0 N–H and O–H groups in total. The molecule has 128 valence electrons. The molecule has 0 aliphatic carbocycles. The van der Waals surface area contributed by atoms with E-state index in [-0.39, 0.29) is 5.91 Å². The Balaban J connectivity index is 1.63. The van der Waals surface area contributed by atoms with E-state index in [9.17, 15) is 4.79 Å². The molecule has 1 aliphatic heterocycles. The van der Waals surface area contributed by atoms with E-state index in [1.54, 1.807) is 0 Å². The Kier molecular flexibility index (Phi) is 4.60. The van der Waals surface area contributed by atoms with Gasteiger partial charge in [0.1, 0.15) is 5.76 Å². The third-order valence-corrected chi connectivity index (χ3v) is 5.06. The van der Waals surface area contributed by atoms with E-state index in [4.69, 9.17) is 4.52 Å². The van der Waals surface area contributed by atoms with Crippen molar-refractivity contribution < 1.29 is 9.32 Å². The van der Waals surface area contributed by atoms with Crippen LogP contribution >= 0.6 is 0 Å². The monoisotopic (exact) mass is 327 g/mol. The van der Waals surface area contributed by atoms with Crippen LogP contribution in [0.4, 0.5) is 5.69 Å². The number of amides is 1. The third kappa shape index (κ3) is 3.16. The first-order valence-corrected chi connectivity index (χ1v) is 8.48. The first kappa shape index (κ1) is 16.6. The highest BCUT2D eigenvalue weighted by Gasteiger charge is 2.24. The number of anilines is 1. The van der Waals surface area contributed by atoms with Gasteiger partial charge >= 0.3 is 0 Å². The van der Waals surface area contributed by atoms with E-state index in [0.717, 1.165) is 43.2 Å². The molecule has 1 aromatic carbocycles. The molecule has 1 saturated heterocycles. The normalized spacial score (nSPS) is 15.0. The van der Waals surface area contributed by atoms with Gasteiger partial charge in [0.15, 0.2) is 0 Å². The summed E-state index contributed by atoms with van der Waals surface area (Å²) in [7, 11) is 0. The van der Waals surface area contributed by atoms with Crippen LogP contribution in [0.2, 0.25) is 0 Å². The highest BCUT2D eigenvalue weighted by Crippen LogP contribution is 2.24. The Morgan fingerprint density at radius 1 is 1.12 bits per heavy atom. The zero-order valence-electron chi connectivity index (χ0n) is 14.9. The fourth-order valence-corrected chi connectivity index (χ4v) is 3.29. The number of aromatic nitrogens is 1. The van der Waals surface area contributed by atoms with Crippen LogP contribution in [0.1, 0.15) is 28.1 Å². The van der Waals surface area contributed by atoms with Crippen molar-refractivity contribution in [3.8, 4) is 0 Å². The van der Waals surface area contributed by atoms with Gasteiger partial charge in [0, 0.05) is 37.4 Å². The number of hydrogen-bond acceptors (Lipinski definition) is 4. The van der Waals surface area contributed by atoms with Gasteiger partial charge in [0.25, 0.3) is 0 Å². The summed E-state index contributed by atoms with van der Waals surface area (Å²) in [5.41, 5.74) is 5.66. The van der Waals surface area contributed by atoms with Gasteiger partial charge in [-0.15, -0.1) is 0 Å². The molecule has 5 heteroatoms. The second-order valence-electron chi connectivity index (χ2n) is 6.57. The highest BCUT2D eigenvalue weighted by atomic mass is 16.5. The molecule has 0 radical (unpaired) electrons.